The molecule has 0 saturated heterocycles. The molecule has 0 aliphatic heterocycles. The first-order valence-corrected chi connectivity index (χ1v) is 9.94. The van der Waals surface area contributed by atoms with Crippen LogP contribution in [0.15, 0.2) is 67.4 Å². The van der Waals surface area contributed by atoms with Crippen molar-refractivity contribution in [3.63, 3.8) is 0 Å². The first-order chi connectivity index (χ1) is 14.6. The molecule has 2 N–H and O–H groups in total. The van der Waals surface area contributed by atoms with Crippen LogP contribution in [0.2, 0.25) is 0 Å². The van der Waals surface area contributed by atoms with Crippen molar-refractivity contribution in [3.8, 4) is 11.3 Å². The molecule has 1 aromatic carbocycles. The third-order valence-corrected chi connectivity index (χ3v) is 4.96. The van der Waals surface area contributed by atoms with Gasteiger partial charge in [0.25, 0.3) is 0 Å². The summed E-state index contributed by atoms with van der Waals surface area (Å²) >= 11 is 0. The summed E-state index contributed by atoms with van der Waals surface area (Å²) < 4.78 is 1.96. The van der Waals surface area contributed by atoms with Crippen molar-refractivity contribution in [2.75, 3.05) is 11.9 Å². The molecule has 0 aliphatic carbocycles. The number of nitrogens with one attached hydrogen (secondary N) is 2. The number of carbonyl (C=O) groups excluding carboxylic acids is 1. The number of benzene rings is 1. The van der Waals surface area contributed by atoms with Crippen molar-refractivity contribution in [3.05, 3.63) is 78.5 Å². The van der Waals surface area contributed by atoms with E-state index >= 15 is 0 Å². The molecule has 0 radical (unpaired) electrons. The van der Waals surface area contributed by atoms with Gasteiger partial charge < -0.3 is 10.6 Å². The molecule has 3 heterocycles. The maximum absolute atomic E-state index is 12.4. The van der Waals surface area contributed by atoms with Gasteiger partial charge in [0, 0.05) is 43.3 Å². The molecule has 3 aromatic heterocycles. The number of aryl methyl sites for hydroxylation is 1. The molecule has 4 rings (SSSR count). The van der Waals surface area contributed by atoms with Gasteiger partial charge in [0.2, 0.25) is 5.91 Å². The van der Waals surface area contributed by atoms with Crippen molar-refractivity contribution in [2.24, 2.45) is 0 Å². The minimum atomic E-state index is -0.0869. The number of carbonyl (C=O) groups is 1. The summed E-state index contributed by atoms with van der Waals surface area (Å²) in [6, 6.07) is 12.0. The van der Waals surface area contributed by atoms with Gasteiger partial charge in [0.15, 0.2) is 5.65 Å². The standard InChI is InChI=1S/C23H24N6O/c1-16-5-7-18(8-6-16)22-23(29-13-12-25-15-20(29)28-22)26-11-9-21(30)27-17(2)19-4-3-10-24-14-19/h3-8,10,12-15,17,26H,9,11H2,1-2H3,(H,27,30). The number of hydrogen-bond donors (Lipinski definition) is 2. The zero-order chi connectivity index (χ0) is 20.9. The molecule has 1 unspecified atom stereocenters. The maximum Gasteiger partial charge on any atom is 0.222 e. The third kappa shape index (κ3) is 4.30. The third-order valence-electron chi connectivity index (χ3n) is 4.96. The molecule has 0 spiro atoms. The van der Waals surface area contributed by atoms with E-state index in [0.29, 0.717) is 13.0 Å². The number of hydrogen-bond acceptors (Lipinski definition) is 5. The quantitative estimate of drug-likeness (QED) is 0.493. The van der Waals surface area contributed by atoms with Crippen molar-refractivity contribution >= 4 is 17.4 Å². The van der Waals surface area contributed by atoms with Crippen LogP contribution in [0.25, 0.3) is 16.9 Å². The lowest BCUT2D eigenvalue weighted by atomic mass is 10.1. The SMILES string of the molecule is Cc1ccc(-c2nc3cnccn3c2NCCC(=O)NC(C)c2cccnc2)cc1. The van der Waals surface area contributed by atoms with Gasteiger partial charge in [-0.1, -0.05) is 35.9 Å². The van der Waals surface area contributed by atoms with Crippen LogP contribution < -0.4 is 10.6 Å². The summed E-state index contributed by atoms with van der Waals surface area (Å²) in [7, 11) is 0. The van der Waals surface area contributed by atoms with Crippen molar-refractivity contribution in [2.45, 2.75) is 26.3 Å². The van der Waals surface area contributed by atoms with E-state index in [1.54, 1.807) is 24.8 Å². The fourth-order valence-electron chi connectivity index (χ4n) is 3.31. The predicted octanol–water partition coefficient (Wildman–Crippen LogP) is 3.78. The summed E-state index contributed by atoms with van der Waals surface area (Å²) in [5, 5.41) is 6.41. The average molecular weight is 400 g/mol. The molecule has 0 saturated carbocycles. The smallest absolute Gasteiger partial charge is 0.222 e. The van der Waals surface area contributed by atoms with E-state index in [4.69, 9.17) is 4.98 Å². The molecular formula is C23H24N6O. The summed E-state index contributed by atoms with van der Waals surface area (Å²) in [6.45, 7) is 4.50. The first-order valence-electron chi connectivity index (χ1n) is 9.94. The van der Waals surface area contributed by atoms with Crippen LogP contribution in [0.3, 0.4) is 0 Å². The highest BCUT2D eigenvalue weighted by molar-refractivity contribution is 5.79. The number of imidazole rings is 1. The zero-order valence-corrected chi connectivity index (χ0v) is 17.0. The van der Waals surface area contributed by atoms with E-state index < -0.39 is 0 Å². The Kier molecular flexibility index (Phi) is 5.70. The Morgan fingerprint density at radius 2 is 1.90 bits per heavy atom. The minimum absolute atomic E-state index is 0.0220. The molecule has 30 heavy (non-hydrogen) atoms. The Balaban J connectivity index is 1.46. The predicted molar refractivity (Wildman–Crippen MR) is 117 cm³/mol. The second-order valence-electron chi connectivity index (χ2n) is 7.23. The van der Waals surface area contributed by atoms with Crippen LogP contribution >= 0.6 is 0 Å². The number of aromatic nitrogens is 4. The van der Waals surface area contributed by atoms with Gasteiger partial charge in [-0.05, 0) is 25.5 Å². The highest BCUT2D eigenvalue weighted by atomic mass is 16.1. The lowest BCUT2D eigenvalue weighted by molar-refractivity contribution is -0.121. The number of pyridine rings is 1. The van der Waals surface area contributed by atoms with E-state index in [2.05, 4.69) is 51.8 Å². The van der Waals surface area contributed by atoms with Crippen LogP contribution in [0.4, 0.5) is 5.82 Å². The van der Waals surface area contributed by atoms with Crippen molar-refractivity contribution in [1.82, 2.24) is 24.7 Å². The van der Waals surface area contributed by atoms with E-state index in [1.165, 1.54) is 5.56 Å². The van der Waals surface area contributed by atoms with Gasteiger partial charge in [-0.25, -0.2) is 4.98 Å². The highest BCUT2D eigenvalue weighted by Gasteiger charge is 2.15. The number of rotatable bonds is 7. The Labute approximate surface area is 175 Å². The summed E-state index contributed by atoms with van der Waals surface area (Å²) in [6.07, 6.45) is 9.15. The topological polar surface area (TPSA) is 84.2 Å². The Hall–Kier alpha value is -3.74. The summed E-state index contributed by atoms with van der Waals surface area (Å²) in [4.78, 5) is 25.4. The summed E-state index contributed by atoms with van der Waals surface area (Å²) in [5.74, 6) is 0.829. The van der Waals surface area contributed by atoms with Crippen molar-refractivity contribution < 1.29 is 4.79 Å². The van der Waals surface area contributed by atoms with Crippen LogP contribution in [0.1, 0.15) is 30.5 Å². The normalized spacial score (nSPS) is 11.9. The highest BCUT2D eigenvalue weighted by Crippen LogP contribution is 2.28. The molecule has 0 fully saturated rings. The monoisotopic (exact) mass is 400 g/mol. The van der Waals surface area contributed by atoms with Gasteiger partial charge in [-0.15, -0.1) is 0 Å². The second-order valence-corrected chi connectivity index (χ2v) is 7.23. The lowest BCUT2D eigenvalue weighted by Gasteiger charge is -2.14. The molecule has 0 bridgehead atoms. The molecule has 1 amide bonds. The first kappa shape index (κ1) is 19.6. The Morgan fingerprint density at radius 3 is 2.67 bits per heavy atom. The molecule has 0 aliphatic rings. The van der Waals surface area contributed by atoms with E-state index in [-0.39, 0.29) is 11.9 Å². The largest absolute Gasteiger partial charge is 0.369 e. The van der Waals surface area contributed by atoms with E-state index in [9.17, 15) is 4.79 Å². The number of anilines is 1. The van der Waals surface area contributed by atoms with Crippen LogP contribution in [-0.2, 0) is 4.79 Å². The molecular weight excluding hydrogens is 376 g/mol. The van der Waals surface area contributed by atoms with Crippen LogP contribution in [-0.4, -0.2) is 31.8 Å². The second kappa shape index (κ2) is 8.73. The van der Waals surface area contributed by atoms with Crippen molar-refractivity contribution in [1.29, 1.82) is 0 Å². The molecule has 7 nitrogen and oxygen atoms in total. The lowest BCUT2D eigenvalue weighted by Crippen LogP contribution is -2.28. The molecule has 152 valence electrons. The zero-order valence-electron chi connectivity index (χ0n) is 17.0. The van der Waals surface area contributed by atoms with Gasteiger partial charge in [0.05, 0.1) is 12.2 Å². The Bertz CT molecular complexity index is 1140. The average Bonchev–Trinajstić information content (AvgIpc) is 3.13. The number of fused-ring (bicyclic) bond motifs is 1. The number of amides is 1. The van der Waals surface area contributed by atoms with E-state index in [0.717, 1.165) is 28.3 Å². The maximum atomic E-state index is 12.4. The van der Waals surface area contributed by atoms with Gasteiger partial charge >= 0.3 is 0 Å². The van der Waals surface area contributed by atoms with E-state index in [1.807, 2.05) is 29.7 Å². The molecule has 7 heteroatoms. The number of nitrogens with zero attached hydrogens (tertiary/aromatic N) is 4. The van der Waals surface area contributed by atoms with Gasteiger partial charge in [0.1, 0.15) is 11.5 Å². The van der Waals surface area contributed by atoms with Gasteiger partial charge in [-0.3, -0.25) is 19.2 Å². The fraction of sp³-hybridized carbons (Fsp3) is 0.217. The van der Waals surface area contributed by atoms with Gasteiger partial charge in [-0.2, -0.15) is 0 Å². The minimum Gasteiger partial charge on any atom is -0.369 e. The van der Waals surface area contributed by atoms with Crippen LogP contribution in [0, 0.1) is 6.92 Å². The summed E-state index contributed by atoms with van der Waals surface area (Å²) in [5.41, 5.74) is 4.78. The van der Waals surface area contributed by atoms with Crippen LogP contribution in [0.5, 0.6) is 0 Å². The molecule has 4 aromatic rings. The fourth-order valence-corrected chi connectivity index (χ4v) is 3.31. The Morgan fingerprint density at radius 1 is 1.10 bits per heavy atom. The molecule has 1 atom stereocenters.